The number of benzene rings is 2. The summed E-state index contributed by atoms with van der Waals surface area (Å²) in [4.78, 5) is 16.8. The number of esters is 1. The summed E-state index contributed by atoms with van der Waals surface area (Å²) in [5.41, 5.74) is 3.01. The summed E-state index contributed by atoms with van der Waals surface area (Å²) in [6.07, 6.45) is 0.0522. The second kappa shape index (κ2) is 7.83. The van der Waals surface area contributed by atoms with E-state index in [1.165, 1.54) is 7.11 Å². The molecule has 0 spiro atoms. The number of phenolic OH excluding ortho intramolecular Hbond substituents is 1. The molecule has 0 bridgehead atoms. The second-order valence-corrected chi connectivity index (χ2v) is 7.51. The van der Waals surface area contributed by atoms with Crippen LogP contribution in [0.25, 0.3) is 0 Å². The number of cyclic esters (lactones) is 1. The molecule has 4 rings (SSSR count). The Bertz CT molecular complexity index is 922. The highest BCUT2D eigenvalue weighted by Gasteiger charge is 2.33. The first-order valence-electron chi connectivity index (χ1n) is 9.72. The van der Waals surface area contributed by atoms with E-state index in [9.17, 15) is 9.90 Å². The van der Waals surface area contributed by atoms with Crippen molar-refractivity contribution >= 4 is 11.7 Å². The fourth-order valence-electron chi connectivity index (χ4n) is 3.97. The molecule has 0 saturated carbocycles. The SMILES string of the molecule is COc1cc2c(cc1OC)C(Cc1ccc(N3CCN(C)CC3)c(O)c1)OC2=O. The molecule has 1 atom stereocenters. The maximum absolute atomic E-state index is 12.3. The van der Waals surface area contributed by atoms with Crippen molar-refractivity contribution in [2.24, 2.45) is 0 Å². The van der Waals surface area contributed by atoms with Crippen LogP contribution in [0.2, 0.25) is 0 Å². The van der Waals surface area contributed by atoms with Crippen molar-refractivity contribution in [3.63, 3.8) is 0 Å². The van der Waals surface area contributed by atoms with Crippen LogP contribution < -0.4 is 14.4 Å². The number of carbonyl (C=O) groups is 1. The smallest absolute Gasteiger partial charge is 0.339 e. The van der Waals surface area contributed by atoms with Crippen molar-refractivity contribution in [3.05, 3.63) is 47.0 Å². The Labute approximate surface area is 170 Å². The Morgan fingerprint density at radius 1 is 1.07 bits per heavy atom. The van der Waals surface area contributed by atoms with E-state index in [0.717, 1.165) is 43.0 Å². The molecule has 1 fully saturated rings. The topological polar surface area (TPSA) is 71.5 Å². The molecule has 2 aliphatic rings. The molecule has 7 nitrogen and oxygen atoms in total. The molecular weight excluding hydrogens is 372 g/mol. The van der Waals surface area contributed by atoms with Crippen LogP contribution in [0.4, 0.5) is 5.69 Å². The first-order valence-corrected chi connectivity index (χ1v) is 9.72. The molecule has 2 heterocycles. The Morgan fingerprint density at radius 2 is 1.76 bits per heavy atom. The van der Waals surface area contributed by atoms with Crippen molar-refractivity contribution in [2.45, 2.75) is 12.5 Å². The van der Waals surface area contributed by atoms with Gasteiger partial charge < -0.3 is 29.1 Å². The van der Waals surface area contributed by atoms with E-state index in [0.29, 0.717) is 23.5 Å². The van der Waals surface area contributed by atoms with Crippen LogP contribution in [0.15, 0.2) is 30.3 Å². The van der Waals surface area contributed by atoms with Gasteiger partial charge in [0.15, 0.2) is 11.5 Å². The number of likely N-dealkylation sites (N-methyl/N-ethyl adjacent to an activating group) is 1. The van der Waals surface area contributed by atoms with Gasteiger partial charge in [0, 0.05) is 38.2 Å². The van der Waals surface area contributed by atoms with Gasteiger partial charge >= 0.3 is 5.97 Å². The number of phenols is 1. The first-order chi connectivity index (χ1) is 14.0. The highest BCUT2D eigenvalue weighted by atomic mass is 16.5. The molecule has 0 amide bonds. The molecule has 154 valence electrons. The number of anilines is 1. The van der Waals surface area contributed by atoms with Crippen molar-refractivity contribution < 1.29 is 24.1 Å². The van der Waals surface area contributed by atoms with Gasteiger partial charge in [-0.15, -0.1) is 0 Å². The minimum absolute atomic E-state index is 0.254. The third-order valence-corrected chi connectivity index (χ3v) is 5.68. The van der Waals surface area contributed by atoms with Gasteiger partial charge in [0.25, 0.3) is 0 Å². The Kier molecular flexibility index (Phi) is 5.24. The van der Waals surface area contributed by atoms with Gasteiger partial charge in [0.1, 0.15) is 11.9 Å². The van der Waals surface area contributed by atoms with E-state index in [1.807, 2.05) is 12.1 Å². The zero-order valence-electron chi connectivity index (χ0n) is 17.0. The quantitative estimate of drug-likeness (QED) is 0.777. The lowest BCUT2D eigenvalue weighted by atomic mass is 9.98. The lowest BCUT2D eigenvalue weighted by Crippen LogP contribution is -2.44. The van der Waals surface area contributed by atoms with Crippen LogP contribution in [0.5, 0.6) is 17.2 Å². The van der Waals surface area contributed by atoms with Crippen LogP contribution in [0.3, 0.4) is 0 Å². The summed E-state index contributed by atoms with van der Waals surface area (Å²) in [5.74, 6) is 0.939. The minimum Gasteiger partial charge on any atom is -0.506 e. The number of methoxy groups -OCH3 is 2. The normalized spacial score (nSPS) is 19.1. The average molecular weight is 398 g/mol. The van der Waals surface area contributed by atoms with Gasteiger partial charge in [-0.3, -0.25) is 0 Å². The van der Waals surface area contributed by atoms with Gasteiger partial charge in [-0.1, -0.05) is 6.07 Å². The predicted octanol–water partition coefficient (Wildman–Crippen LogP) is 2.62. The summed E-state index contributed by atoms with van der Waals surface area (Å²) in [5, 5.41) is 10.6. The van der Waals surface area contributed by atoms with Gasteiger partial charge in [0.2, 0.25) is 0 Å². The number of piperazine rings is 1. The summed E-state index contributed by atoms with van der Waals surface area (Å²) in [7, 11) is 5.20. The standard InChI is InChI=1S/C22H26N2O5/c1-23-6-8-24(9-7-23)17-5-4-14(10-18(17)25)11-19-15-12-20(27-2)21(28-3)13-16(15)22(26)29-19/h4-5,10,12-13,19,25H,6-9,11H2,1-3H3. The lowest BCUT2D eigenvalue weighted by Gasteiger charge is -2.34. The summed E-state index contributed by atoms with van der Waals surface area (Å²) in [6, 6.07) is 9.15. The Hall–Kier alpha value is -2.93. The second-order valence-electron chi connectivity index (χ2n) is 7.51. The molecule has 1 unspecified atom stereocenters. The predicted molar refractivity (Wildman–Crippen MR) is 109 cm³/mol. The molecule has 0 aromatic heterocycles. The zero-order chi connectivity index (χ0) is 20.5. The number of hydrogen-bond donors (Lipinski definition) is 1. The number of nitrogens with zero attached hydrogens (tertiary/aromatic N) is 2. The van der Waals surface area contributed by atoms with Crippen LogP contribution >= 0.6 is 0 Å². The number of rotatable bonds is 5. The molecule has 2 aliphatic heterocycles. The number of fused-ring (bicyclic) bond motifs is 1. The van der Waals surface area contributed by atoms with E-state index in [2.05, 4.69) is 16.8 Å². The van der Waals surface area contributed by atoms with Gasteiger partial charge in [-0.2, -0.15) is 0 Å². The third kappa shape index (κ3) is 3.70. The van der Waals surface area contributed by atoms with E-state index >= 15 is 0 Å². The highest BCUT2D eigenvalue weighted by molar-refractivity contribution is 5.95. The van der Waals surface area contributed by atoms with Crippen molar-refractivity contribution in [1.29, 1.82) is 0 Å². The first kappa shape index (κ1) is 19.4. The van der Waals surface area contributed by atoms with Crippen LogP contribution in [0.1, 0.15) is 27.6 Å². The zero-order valence-corrected chi connectivity index (χ0v) is 17.0. The Balaban J connectivity index is 1.55. The molecule has 0 aliphatic carbocycles. The van der Waals surface area contributed by atoms with Crippen molar-refractivity contribution in [2.75, 3.05) is 52.3 Å². The van der Waals surface area contributed by atoms with Crippen molar-refractivity contribution in [3.8, 4) is 17.2 Å². The average Bonchev–Trinajstić information content (AvgIpc) is 3.02. The number of aromatic hydroxyl groups is 1. The largest absolute Gasteiger partial charge is 0.506 e. The van der Waals surface area contributed by atoms with Crippen molar-refractivity contribution in [1.82, 2.24) is 4.90 Å². The summed E-state index contributed by atoms with van der Waals surface area (Å²) in [6.45, 7) is 3.72. The Morgan fingerprint density at radius 3 is 2.41 bits per heavy atom. The molecule has 2 aromatic carbocycles. The number of ether oxygens (including phenoxy) is 3. The number of hydrogen-bond acceptors (Lipinski definition) is 7. The molecule has 1 saturated heterocycles. The minimum atomic E-state index is -0.425. The van der Waals surface area contributed by atoms with E-state index in [1.54, 1.807) is 25.3 Å². The number of carbonyl (C=O) groups excluding carboxylic acids is 1. The molecule has 1 N–H and O–H groups in total. The summed E-state index contributed by atoms with van der Waals surface area (Å²) < 4.78 is 16.2. The molecule has 29 heavy (non-hydrogen) atoms. The maximum atomic E-state index is 12.3. The molecule has 0 radical (unpaired) electrons. The summed E-state index contributed by atoms with van der Waals surface area (Å²) >= 11 is 0. The highest BCUT2D eigenvalue weighted by Crippen LogP contribution is 2.41. The fraction of sp³-hybridized carbons (Fsp3) is 0.409. The van der Waals surface area contributed by atoms with E-state index < -0.39 is 6.10 Å². The monoisotopic (exact) mass is 398 g/mol. The van der Waals surface area contributed by atoms with Gasteiger partial charge in [-0.05, 0) is 36.9 Å². The lowest BCUT2D eigenvalue weighted by molar-refractivity contribution is 0.0387. The third-order valence-electron chi connectivity index (χ3n) is 5.68. The van der Waals surface area contributed by atoms with Gasteiger partial charge in [-0.25, -0.2) is 4.79 Å². The molecule has 7 heteroatoms. The van der Waals surface area contributed by atoms with Crippen LogP contribution in [-0.4, -0.2) is 63.4 Å². The molecule has 2 aromatic rings. The maximum Gasteiger partial charge on any atom is 0.339 e. The van der Waals surface area contributed by atoms with E-state index in [4.69, 9.17) is 14.2 Å². The van der Waals surface area contributed by atoms with E-state index in [-0.39, 0.29) is 11.7 Å². The van der Waals surface area contributed by atoms with Gasteiger partial charge in [0.05, 0.1) is 25.5 Å². The fourth-order valence-corrected chi connectivity index (χ4v) is 3.97. The van der Waals surface area contributed by atoms with Crippen LogP contribution in [-0.2, 0) is 11.2 Å². The van der Waals surface area contributed by atoms with Crippen LogP contribution in [0, 0.1) is 0 Å². The molecular formula is C22H26N2O5.